The molecule has 0 aliphatic carbocycles. The average molecular weight is 350 g/mol. The lowest BCUT2D eigenvalue weighted by atomic mass is 10.1. The van der Waals surface area contributed by atoms with Gasteiger partial charge in [0.05, 0.1) is 5.69 Å². The first-order valence-electron chi connectivity index (χ1n) is 8.29. The van der Waals surface area contributed by atoms with Crippen molar-refractivity contribution in [2.24, 2.45) is 0 Å². The lowest BCUT2D eigenvalue weighted by Crippen LogP contribution is -2.25. The Labute approximate surface area is 145 Å². The van der Waals surface area contributed by atoms with E-state index in [0.717, 1.165) is 35.9 Å². The summed E-state index contributed by atoms with van der Waals surface area (Å²) in [6.07, 6.45) is 10.2. The maximum absolute atomic E-state index is 11.9. The highest BCUT2D eigenvalue weighted by molar-refractivity contribution is 8.77. The molecule has 0 saturated carbocycles. The molecular weight excluding hydrogens is 326 g/mol. The van der Waals surface area contributed by atoms with Crippen molar-refractivity contribution in [1.29, 1.82) is 0 Å². The molecule has 0 spiro atoms. The van der Waals surface area contributed by atoms with Gasteiger partial charge < -0.3 is 9.72 Å². The molecule has 1 atom stereocenters. The summed E-state index contributed by atoms with van der Waals surface area (Å²) < 4.78 is 2.01. The van der Waals surface area contributed by atoms with Crippen LogP contribution in [0, 0.1) is 0 Å². The molecule has 1 aliphatic heterocycles. The zero-order valence-electron chi connectivity index (χ0n) is 13.2. The molecule has 124 valence electrons. The van der Waals surface area contributed by atoms with E-state index in [-0.39, 0.29) is 5.91 Å². The van der Waals surface area contributed by atoms with Gasteiger partial charge in [-0.25, -0.2) is 4.98 Å². The maximum atomic E-state index is 11.9. The molecule has 0 aromatic carbocycles. The topological polar surface area (TPSA) is 46.4 Å². The van der Waals surface area contributed by atoms with Crippen LogP contribution < -0.4 is 5.32 Å². The minimum Gasteiger partial charge on any atom is -0.356 e. The third-order valence-corrected chi connectivity index (χ3v) is 7.03. The largest absolute Gasteiger partial charge is 0.356 e. The fourth-order valence-corrected chi connectivity index (χ4v) is 5.78. The van der Waals surface area contributed by atoms with E-state index >= 15 is 0 Å². The van der Waals surface area contributed by atoms with Crippen LogP contribution in [0.3, 0.4) is 0 Å². The smallest absolute Gasteiger partial charge is 0.220 e. The van der Waals surface area contributed by atoms with E-state index in [1.54, 1.807) is 0 Å². The third kappa shape index (κ3) is 5.18. The number of fused-ring (bicyclic) bond motifs is 1. The monoisotopic (exact) mass is 349 g/mol. The van der Waals surface area contributed by atoms with Gasteiger partial charge in [-0.05, 0) is 31.4 Å². The summed E-state index contributed by atoms with van der Waals surface area (Å²) in [4.78, 5) is 16.4. The van der Waals surface area contributed by atoms with Crippen molar-refractivity contribution in [3.05, 3.63) is 36.3 Å². The van der Waals surface area contributed by atoms with E-state index in [0.29, 0.717) is 13.0 Å². The van der Waals surface area contributed by atoms with Crippen molar-refractivity contribution in [2.45, 2.75) is 43.8 Å². The van der Waals surface area contributed by atoms with Gasteiger partial charge in [0.15, 0.2) is 0 Å². The first-order chi connectivity index (χ1) is 11.3. The normalized spacial score (nSPS) is 17.7. The first kappa shape index (κ1) is 16.7. The minimum atomic E-state index is 0.169. The van der Waals surface area contributed by atoms with Gasteiger partial charge in [-0.1, -0.05) is 34.1 Å². The van der Waals surface area contributed by atoms with Crippen molar-refractivity contribution in [2.75, 3.05) is 12.3 Å². The molecule has 1 amide bonds. The number of unbranched alkanes of at least 4 members (excludes halogenated alkanes) is 1. The molecule has 4 nitrogen and oxygen atoms in total. The zero-order chi connectivity index (χ0) is 15.9. The van der Waals surface area contributed by atoms with Gasteiger partial charge in [-0.2, -0.15) is 0 Å². The van der Waals surface area contributed by atoms with Crippen LogP contribution >= 0.6 is 21.6 Å². The summed E-state index contributed by atoms with van der Waals surface area (Å²) >= 11 is 0. The molecule has 3 heterocycles. The summed E-state index contributed by atoms with van der Waals surface area (Å²) in [5.41, 5.74) is 1.98. The number of pyridine rings is 1. The lowest BCUT2D eigenvalue weighted by molar-refractivity contribution is -0.121. The van der Waals surface area contributed by atoms with Crippen LogP contribution in [0.25, 0.3) is 5.65 Å². The molecule has 6 heteroatoms. The Bertz CT molecular complexity index is 605. The van der Waals surface area contributed by atoms with Crippen LogP contribution in [0.1, 0.15) is 37.8 Å². The zero-order valence-corrected chi connectivity index (χ0v) is 14.9. The fourth-order valence-electron chi connectivity index (χ4n) is 2.75. The number of hydrogen-bond acceptors (Lipinski definition) is 4. The number of amides is 1. The molecule has 1 aliphatic rings. The number of nitrogens with zero attached hydrogens (tertiary/aromatic N) is 2. The number of nitrogens with one attached hydrogen (secondary N) is 1. The SMILES string of the molecule is O=C(CCCCC1CCSS1)NCCc1cn2ccccc2n1. The second kappa shape index (κ2) is 8.64. The van der Waals surface area contributed by atoms with Crippen LogP contribution in [0.15, 0.2) is 30.6 Å². The van der Waals surface area contributed by atoms with Crippen molar-refractivity contribution in [1.82, 2.24) is 14.7 Å². The van der Waals surface area contributed by atoms with Gasteiger partial charge in [-0.15, -0.1) is 0 Å². The van der Waals surface area contributed by atoms with E-state index in [4.69, 9.17) is 0 Å². The maximum Gasteiger partial charge on any atom is 0.220 e. The molecule has 1 fully saturated rings. The molecule has 23 heavy (non-hydrogen) atoms. The van der Waals surface area contributed by atoms with E-state index in [9.17, 15) is 4.79 Å². The van der Waals surface area contributed by atoms with Crippen molar-refractivity contribution in [3.63, 3.8) is 0 Å². The highest BCUT2D eigenvalue weighted by Crippen LogP contribution is 2.39. The number of imidazole rings is 1. The Morgan fingerprint density at radius 3 is 3.17 bits per heavy atom. The molecule has 0 bridgehead atoms. The van der Waals surface area contributed by atoms with Gasteiger partial charge in [-0.3, -0.25) is 4.79 Å². The van der Waals surface area contributed by atoms with Gasteiger partial charge in [0.25, 0.3) is 0 Å². The Hall–Kier alpha value is -1.14. The van der Waals surface area contributed by atoms with E-state index in [1.165, 1.54) is 18.6 Å². The Balaban J connectivity index is 1.29. The molecule has 0 radical (unpaired) electrons. The predicted octanol–water partition coefficient (Wildman–Crippen LogP) is 3.71. The Kier molecular flexibility index (Phi) is 6.28. The molecule has 3 rings (SSSR count). The van der Waals surface area contributed by atoms with Gasteiger partial charge >= 0.3 is 0 Å². The first-order valence-corrected chi connectivity index (χ1v) is 10.7. The standard InChI is InChI=1S/C17H23N3OS2/c21-17(7-2-1-5-15-9-12-22-23-15)18-10-8-14-13-20-11-4-3-6-16(20)19-14/h3-4,6,11,13,15H,1-2,5,7-10,12H2,(H,18,21). The number of aromatic nitrogens is 2. The highest BCUT2D eigenvalue weighted by Gasteiger charge is 2.15. The molecule has 2 aromatic heterocycles. The summed E-state index contributed by atoms with van der Waals surface area (Å²) in [5.74, 6) is 1.46. The summed E-state index contributed by atoms with van der Waals surface area (Å²) in [7, 11) is 4.01. The number of rotatable bonds is 8. The molecule has 1 saturated heterocycles. The van der Waals surface area contributed by atoms with Gasteiger partial charge in [0.2, 0.25) is 5.91 Å². The number of hydrogen-bond donors (Lipinski definition) is 1. The van der Waals surface area contributed by atoms with Crippen LogP contribution in [-0.2, 0) is 11.2 Å². The lowest BCUT2D eigenvalue weighted by Gasteiger charge is -2.07. The van der Waals surface area contributed by atoms with Crippen molar-refractivity contribution in [3.8, 4) is 0 Å². The van der Waals surface area contributed by atoms with Crippen LogP contribution in [-0.4, -0.2) is 32.8 Å². The van der Waals surface area contributed by atoms with E-state index in [1.807, 2.05) is 56.6 Å². The number of carbonyl (C=O) groups excluding carboxylic acids is 1. The molecule has 1 unspecified atom stereocenters. The predicted molar refractivity (Wildman–Crippen MR) is 98.8 cm³/mol. The van der Waals surface area contributed by atoms with Gasteiger partial charge in [0, 0.05) is 42.8 Å². The molecular formula is C17H23N3OS2. The van der Waals surface area contributed by atoms with E-state index < -0.39 is 0 Å². The highest BCUT2D eigenvalue weighted by atomic mass is 33.1. The van der Waals surface area contributed by atoms with E-state index in [2.05, 4.69) is 10.3 Å². The summed E-state index contributed by atoms with van der Waals surface area (Å²) in [6.45, 7) is 0.665. The Morgan fingerprint density at radius 1 is 1.39 bits per heavy atom. The quantitative estimate of drug-likeness (QED) is 0.583. The molecule has 1 N–H and O–H groups in total. The number of carbonyl (C=O) groups is 1. The minimum absolute atomic E-state index is 0.169. The van der Waals surface area contributed by atoms with Crippen LogP contribution in [0.5, 0.6) is 0 Å². The third-order valence-electron chi connectivity index (χ3n) is 4.02. The summed E-state index contributed by atoms with van der Waals surface area (Å²) in [6, 6.07) is 5.96. The van der Waals surface area contributed by atoms with Crippen molar-refractivity contribution < 1.29 is 4.79 Å². The molecule has 2 aromatic rings. The second-order valence-corrected chi connectivity index (χ2v) is 8.66. The fraction of sp³-hybridized carbons (Fsp3) is 0.529. The summed E-state index contributed by atoms with van der Waals surface area (Å²) in [5, 5.41) is 3.82. The van der Waals surface area contributed by atoms with Crippen LogP contribution in [0.2, 0.25) is 0 Å². The second-order valence-electron chi connectivity index (χ2n) is 5.87. The average Bonchev–Trinajstić information content (AvgIpc) is 3.20. The van der Waals surface area contributed by atoms with Gasteiger partial charge in [0.1, 0.15) is 5.65 Å². The Morgan fingerprint density at radius 2 is 2.35 bits per heavy atom. The van der Waals surface area contributed by atoms with Crippen molar-refractivity contribution >= 4 is 33.1 Å². The van der Waals surface area contributed by atoms with Crippen LogP contribution in [0.4, 0.5) is 0 Å².